The monoisotopic (exact) mass is 300 g/mol. The summed E-state index contributed by atoms with van der Waals surface area (Å²) in [6, 6.07) is 7.58. The number of ether oxygens (including phenoxy) is 1. The van der Waals surface area contributed by atoms with E-state index in [0.29, 0.717) is 13.2 Å². The number of hydrogen-bond donors (Lipinski definition) is 2. The lowest BCUT2D eigenvalue weighted by molar-refractivity contribution is 0.234. The first-order valence-electron chi connectivity index (χ1n) is 5.51. The lowest BCUT2D eigenvalue weighted by atomic mass is 10.3. The lowest BCUT2D eigenvalue weighted by Gasteiger charge is -2.11. The molecule has 5 heteroatoms. The summed E-state index contributed by atoms with van der Waals surface area (Å²) in [5, 5.41) is 5.45. The highest BCUT2D eigenvalue weighted by Crippen LogP contribution is 2.23. The van der Waals surface area contributed by atoms with Gasteiger partial charge in [0.15, 0.2) is 0 Å². The molecule has 94 valence electrons. The first kappa shape index (κ1) is 13.8. The molecule has 0 unspecified atom stereocenters. The zero-order valence-corrected chi connectivity index (χ0v) is 11.6. The summed E-state index contributed by atoms with van der Waals surface area (Å²) >= 11 is 3.39. The van der Waals surface area contributed by atoms with Crippen LogP contribution in [0.2, 0.25) is 0 Å². The fourth-order valence-corrected chi connectivity index (χ4v) is 1.60. The Morgan fingerprint density at radius 3 is 2.76 bits per heavy atom. The van der Waals surface area contributed by atoms with Crippen LogP contribution in [-0.2, 0) is 0 Å². The molecule has 1 aromatic carbocycles. The van der Waals surface area contributed by atoms with Gasteiger partial charge in [-0.2, -0.15) is 0 Å². The Balaban J connectivity index is 2.21. The first-order valence-corrected chi connectivity index (χ1v) is 6.30. The largest absolute Gasteiger partial charge is 0.491 e. The van der Waals surface area contributed by atoms with Gasteiger partial charge in [0, 0.05) is 6.04 Å². The van der Waals surface area contributed by atoms with Crippen molar-refractivity contribution in [2.24, 2.45) is 0 Å². The van der Waals surface area contributed by atoms with Crippen LogP contribution in [0.1, 0.15) is 13.8 Å². The minimum absolute atomic E-state index is 0.138. The second-order valence-corrected chi connectivity index (χ2v) is 4.69. The van der Waals surface area contributed by atoms with Gasteiger partial charge in [0.1, 0.15) is 12.4 Å². The van der Waals surface area contributed by atoms with E-state index in [1.54, 1.807) is 0 Å². The van der Waals surface area contributed by atoms with Crippen molar-refractivity contribution in [3.05, 3.63) is 28.7 Å². The minimum Gasteiger partial charge on any atom is -0.491 e. The van der Waals surface area contributed by atoms with Crippen LogP contribution in [0.4, 0.5) is 4.79 Å². The van der Waals surface area contributed by atoms with E-state index in [2.05, 4.69) is 26.6 Å². The number of urea groups is 1. The normalized spacial score (nSPS) is 10.1. The molecule has 17 heavy (non-hydrogen) atoms. The number of para-hydroxylation sites is 1. The van der Waals surface area contributed by atoms with E-state index in [9.17, 15) is 4.79 Å². The topological polar surface area (TPSA) is 50.4 Å². The van der Waals surface area contributed by atoms with E-state index in [1.165, 1.54) is 0 Å². The van der Waals surface area contributed by atoms with E-state index in [-0.39, 0.29) is 12.1 Å². The third kappa shape index (κ3) is 5.58. The van der Waals surface area contributed by atoms with Gasteiger partial charge < -0.3 is 15.4 Å². The Hall–Kier alpha value is -1.23. The summed E-state index contributed by atoms with van der Waals surface area (Å²) in [4.78, 5) is 11.2. The van der Waals surface area contributed by atoms with Gasteiger partial charge in [-0.15, -0.1) is 0 Å². The molecule has 0 bridgehead atoms. The Labute approximate surface area is 110 Å². The zero-order chi connectivity index (χ0) is 12.7. The average Bonchev–Trinajstić information content (AvgIpc) is 2.25. The van der Waals surface area contributed by atoms with Crippen LogP contribution in [0.15, 0.2) is 28.7 Å². The van der Waals surface area contributed by atoms with E-state index in [1.807, 2.05) is 38.1 Å². The SMILES string of the molecule is CC(C)NC(=O)NCCOc1ccccc1Br. The molecule has 0 fully saturated rings. The van der Waals surface area contributed by atoms with Gasteiger partial charge in [0.05, 0.1) is 11.0 Å². The maximum atomic E-state index is 11.2. The fourth-order valence-electron chi connectivity index (χ4n) is 1.20. The van der Waals surface area contributed by atoms with Crippen molar-refractivity contribution in [3.63, 3.8) is 0 Å². The molecule has 0 aliphatic carbocycles. The molecule has 2 amide bonds. The van der Waals surface area contributed by atoms with Crippen LogP contribution in [-0.4, -0.2) is 25.2 Å². The fraction of sp³-hybridized carbons (Fsp3) is 0.417. The molecule has 0 heterocycles. The summed E-state index contributed by atoms with van der Waals surface area (Å²) < 4.78 is 6.41. The minimum atomic E-state index is -0.171. The van der Waals surface area contributed by atoms with Crippen molar-refractivity contribution in [2.45, 2.75) is 19.9 Å². The Kier molecular flexibility index (Phi) is 5.83. The summed E-state index contributed by atoms with van der Waals surface area (Å²) in [7, 11) is 0. The number of nitrogens with one attached hydrogen (secondary N) is 2. The van der Waals surface area contributed by atoms with Gasteiger partial charge in [-0.1, -0.05) is 12.1 Å². The first-order chi connectivity index (χ1) is 8.09. The maximum absolute atomic E-state index is 11.2. The number of amides is 2. The van der Waals surface area contributed by atoms with Crippen LogP contribution in [0.25, 0.3) is 0 Å². The summed E-state index contributed by atoms with van der Waals surface area (Å²) in [5.41, 5.74) is 0. The van der Waals surface area contributed by atoms with Crippen molar-refractivity contribution < 1.29 is 9.53 Å². The van der Waals surface area contributed by atoms with Crippen LogP contribution in [0.3, 0.4) is 0 Å². The molecule has 0 spiro atoms. The van der Waals surface area contributed by atoms with E-state index >= 15 is 0 Å². The number of benzene rings is 1. The molecule has 0 atom stereocenters. The second-order valence-electron chi connectivity index (χ2n) is 3.83. The standard InChI is InChI=1S/C12H17BrN2O2/c1-9(2)15-12(16)14-7-8-17-11-6-4-3-5-10(11)13/h3-6,9H,7-8H2,1-2H3,(H2,14,15,16). The quantitative estimate of drug-likeness (QED) is 0.821. The van der Waals surface area contributed by atoms with Gasteiger partial charge in [-0.05, 0) is 41.9 Å². The van der Waals surface area contributed by atoms with Gasteiger partial charge >= 0.3 is 6.03 Å². The number of carbonyl (C=O) groups excluding carboxylic acids is 1. The Morgan fingerprint density at radius 2 is 2.12 bits per heavy atom. The molecule has 0 aliphatic heterocycles. The molecular formula is C12H17BrN2O2. The average molecular weight is 301 g/mol. The number of halogens is 1. The summed E-state index contributed by atoms with van der Waals surface area (Å²) in [5.74, 6) is 0.776. The summed E-state index contributed by atoms with van der Waals surface area (Å²) in [6.45, 7) is 4.74. The van der Waals surface area contributed by atoms with Gasteiger partial charge in [-0.3, -0.25) is 0 Å². The predicted molar refractivity (Wildman–Crippen MR) is 71.3 cm³/mol. The third-order valence-corrected chi connectivity index (χ3v) is 2.56. The van der Waals surface area contributed by atoms with Gasteiger partial charge in [0.25, 0.3) is 0 Å². The van der Waals surface area contributed by atoms with Crippen molar-refractivity contribution in [3.8, 4) is 5.75 Å². The van der Waals surface area contributed by atoms with Crippen molar-refractivity contribution in [2.75, 3.05) is 13.2 Å². The van der Waals surface area contributed by atoms with E-state index in [4.69, 9.17) is 4.74 Å². The molecule has 0 saturated heterocycles. The van der Waals surface area contributed by atoms with Gasteiger partial charge in [0.2, 0.25) is 0 Å². The van der Waals surface area contributed by atoms with Crippen molar-refractivity contribution in [1.29, 1.82) is 0 Å². The smallest absolute Gasteiger partial charge is 0.315 e. The lowest BCUT2D eigenvalue weighted by Crippen LogP contribution is -2.41. The molecule has 2 N–H and O–H groups in total. The highest BCUT2D eigenvalue weighted by Gasteiger charge is 2.02. The molecule has 0 aliphatic rings. The second kappa shape index (κ2) is 7.17. The Bertz CT molecular complexity index is 369. The summed E-state index contributed by atoms with van der Waals surface area (Å²) in [6.07, 6.45) is 0. The van der Waals surface area contributed by atoms with Crippen LogP contribution < -0.4 is 15.4 Å². The third-order valence-electron chi connectivity index (χ3n) is 1.90. The molecule has 1 rings (SSSR count). The predicted octanol–water partition coefficient (Wildman–Crippen LogP) is 2.54. The maximum Gasteiger partial charge on any atom is 0.315 e. The highest BCUT2D eigenvalue weighted by atomic mass is 79.9. The van der Waals surface area contributed by atoms with E-state index < -0.39 is 0 Å². The molecule has 1 aromatic rings. The Morgan fingerprint density at radius 1 is 1.41 bits per heavy atom. The van der Waals surface area contributed by atoms with Crippen molar-refractivity contribution >= 4 is 22.0 Å². The van der Waals surface area contributed by atoms with Crippen LogP contribution in [0, 0.1) is 0 Å². The van der Waals surface area contributed by atoms with Crippen molar-refractivity contribution in [1.82, 2.24) is 10.6 Å². The molecule has 0 radical (unpaired) electrons. The number of carbonyl (C=O) groups is 1. The zero-order valence-electron chi connectivity index (χ0n) is 10.00. The molecule has 4 nitrogen and oxygen atoms in total. The van der Waals surface area contributed by atoms with Gasteiger partial charge in [-0.25, -0.2) is 4.79 Å². The highest BCUT2D eigenvalue weighted by molar-refractivity contribution is 9.10. The molecular weight excluding hydrogens is 284 g/mol. The number of rotatable bonds is 5. The van der Waals surface area contributed by atoms with Crippen LogP contribution in [0.5, 0.6) is 5.75 Å². The van der Waals surface area contributed by atoms with E-state index in [0.717, 1.165) is 10.2 Å². The molecule has 0 saturated carbocycles. The van der Waals surface area contributed by atoms with Crippen LogP contribution >= 0.6 is 15.9 Å². The molecule has 0 aromatic heterocycles. The number of hydrogen-bond acceptors (Lipinski definition) is 2.